The molecule has 0 saturated heterocycles. The van der Waals surface area contributed by atoms with Crippen LogP contribution in [0.25, 0.3) is 0 Å². The number of hydrogen-bond donors (Lipinski definition) is 1. The number of para-hydroxylation sites is 1. The van der Waals surface area contributed by atoms with Gasteiger partial charge in [-0.1, -0.05) is 51.8 Å². The van der Waals surface area contributed by atoms with E-state index in [9.17, 15) is 0 Å². The van der Waals surface area contributed by atoms with Crippen LogP contribution in [0.1, 0.15) is 52.5 Å². The highest BCUT2D eigenvalue weighted by atomic mass is 15.2. The molecule has 1 aromatic carbocycles. The van der Waals surface area contributed by atoms with Crippen LogP contribution in [0.5, 0.6) is 0 Å². The molecule has 0 bridgehead atoms. The second kappa shape index (κ2) is 7.12. The third kappa shape index (κ3) is 3.35. The van der Waals surface area contributed by atoms with E-state index in [0.29, 0.717) is 12.1 Å². The van der Waals surface area contributed by atoms with Gasteiger partial charge in [-0.2, -0.15) is 0 Å². The fourth-order valence-electron chi connectivity index (χ4n) is 3.21. The minimum Gasteiger partial charge on any atom is -0.367 e. The van der Waals surface area contributed by atoms with Crippen LogP contribution in [0.4, 0.5) is 5.69 Å². The van der Waals surface area contributed by atoms with Crippen LogP contribution in [0.3, 0.4) is 0 Å². The Morgan fingerprint density at radius 3 is 2.70 bits per heavy atom. The Morgan fingerprint density at radius 1 is 1.25 bits per heavy atom. The van der Waals surface area contributed by atoms with Gasteiger partial charge in [0.05, 0.1) is 0 Å². The molecule has 20 heavy (non-hydrogen) atoms. The Hall–Kier alpha value is -1.02. The lowest BCUT2D eigenvalue weighted by molar-refractivity contribution is 0.363. The van der Waals surface area contributed by atoms with E-state index in [2.05, 4.69) is 62.2 Å². The quantitative estimate of drug-likeness (QED) is 0.865. The summed E-state index contributed by atoms with van der Waals surface area (Å²) in [5.74, 6) is 0.723. The van der Waals surface area contributed by atoms with E-state index in [1.807, 2.05) is 0 Å². The zero-order valence-corrected chi connectivity index (χ0v) is 13.5. The van der Waals surface area contributed by atoms with E-state index >= 15 is 0 Å². The van der Waals surface area contributed by atoms with Gasteiger partial charge >= 0.3 is 0 Å². The van der Waals surface area contributed by atoms with Gasteiger partial charge in [-0.15, -0.1) is 0 Å². The second-order valence-corrected chi connectivity index (χ2v) is 6.29. The number of benzene rings is 1. The summed E-state index contributed by atoms with van der Waals surface area (Å²) in [6.45, 7) is 11.5. The molecule has 2 rings (SSSR count). The predicted octanol–water partition coefficient (Wildman–Crippen LogP) is 4.20. The van der Waals surface area contributed by atoms with Gasteiger partial charge in [0.15, 0.2) is 0 Å². The van der Waals surface area contributed by atoms with Crippen LogP contribution in [0.2, 0.25) is 0 Å². The van der Waals surface area contributed by atoms with E-state index in [0.717, 1.165) is 19.0 Å². The average Bonchev–Trinajstić information content (AvgIpc) is 2.66. The lowest BCUT2D eigenvalue weighted by Crippen LogP contribution is -2.45. The highest BCUT2D eigenvalue weighted by molar-refractivity contribution is 5.55. The first-order valence-corrected chi connectivity index (χ1v) is 8.25. The topological polar surface area (TPSA) is 15.3 Å². The SMILES string of the molecule is CCCC(C)N1CC(C(C)CC)NCc2ccccc21. The molecule has 0 fully saturated rings. The number of nitrogens with one attached hydrogen (secondary N) is 1. The van der Waals surface area contributed by atoms with Gasteiger partial charge in [-0.3, -0.25) is 0 Å². The molecule has 1 aliphatic rings. The molecular formula is C18H30N2. The smallest absolute Gasteiger partial charge is 0.0414 e. The Morgan fingerprint density at radius 2 is 2.00 bits per heavy atom. The van der Waals surface area contributed by atoms with Crippen molar-refractivity contribution in [2.75, 3.05) is 11.4 Å². The van der Waals surface area contributed by atoms with Crippen LogP contribution in [-0.4, -0.2) is 18.6 Å². The van der Waals surface area contributed by atoms with Crippen LogP contribution in [0, 0.1) is 5.92 Å². The number of rotatable bonds is 5. The molecule has 0 saturated carbocycles. The maximum atomic E-state index is 3.77. The lowest BCUT2D eigenvalue weighted by atomic mass is 9.98. The predicted molar refractivity (Wildman–Crippen MR) is 88.2 cm³/mol. The molecule has 1 aliphatic heterocycles. The normalized spacial score (nSPS) is 22.0. The van der Waals surface area contributed by atoms with Gasteiger partial charge in [-0.25, -0.2) is 0 Å². The van der Waals surface area contributed by atoms with Crippen molar-refractivity contribution in [1.29, 1.82) is 0 Å². The zero-order chi connectivity index (χ0) is 14.5. The Balaban J connectivity index is 2.27. The summed E-state index contributed by atoms with van der Waals surface area (Å²) in [6.07, 6.45) is 3.76. The third-order valence-electron chi connectivity index (χ3n) is 4.82. The minimum absolute atomic E-state index is 0.590. The number of nitrogens with zero attached hydrogens (tertiary/aromatic N) is 1. The fraction of sp³-hybridized carbons (Fsp3) is 0.667. The summed E-state index contributed by atoms with van der Waals surface area (Å²) < 4.78 is 0. The highest BCUT2D eigenvalue weighted by Gasteiger charge is 2.26. The van der Waals surface area contributed by atoms with E-state index < -0.39 is 0 Å². The van der Waals surface area contributed by atoms with Gasteiger partial charge in [0, 0.05) is 30.9 Å². The molecule has 0 aromatic heterocycles. The van der Waals surface area contributed by atoms with Gasteiger partial charge in [-0.05, 0) is 30.9 Å². The summed E-state index contributed by atoms with van der Waals surface area (Å²) in [6, 6.07) is 10.1. The first-order chi connectivity index (χ1) is 9.67. The molecule has 1 N–H and O–H groups in total. The number of anilines is 1. The van der Waals surface area contributed by atoms with Crippen LogP contribution < -0.4 is 10.2 Å². The number of hydrogen-bond acceptors (Lipinski definition) is 2. The molecular weight excluding hydrogens is 244 g/mol. The third-order valence-corrected chi connectivity index (χ3v) is 4.82. The molecule has 2 heteroatoms. The molecule has 112 valence electrons. The highest BCUT2D eigenvalue weighted by Crippen LogP contribution is 2.28. The zero-order valence-electron chi connectivity index (χ0n) is 13.5. The van der Waals surface area contributed by atoms with Gasteiger partial charge in [0.2, 0.25) is 0 Å². The standard InChI is InChI=1S/C18H30N2/c1-5-9-15(4)20-13-17(14(3)6-2)19-12-16-10-7-8-11-18(16)20/h7-8,10-11,14-15,17,19H,5-6,9,12-13H2,1-4H3. The molecule has 0 amide bonds. The van der Waals surface area contributed by atoms with Crippen molar-refractivity contribution in [2.24, 2.45) is 5.92 Å². The maximum Gasteiger partial charge on any atom is 0.0414 e. The van der Waals surface area contributed by atoms with Gasteiger partial charge < -0.3 is 10.2 Å². The summed E-state index contributed by atoms with van der Waals surface area (Å²) >= 11 is 0. The van der Waals surface area contributed by atoms with Crippen molar-refractivity contribution in [2.45, 2.75) is 65.6 Å². The molecule has 0 aliphatic carbocycles. The largest absolute Gasteiger partial charge is 0.367 e. The monoisotopic (exact) mass is 274 g/mol. The Labute approximate surface area is 124 Å². The minimum atomic E-state index is 0.590. The first-order valence-electron chi connectivity index (χ1n) is 8.25. The molecule has 0 radical (unpaired) electrons. The van der Waals surface area contributed by atoms with E-state index in [1.54, 1.807) is 0 Å². The van der Waals surface area contributed by atoms with E-state index in [4.69, 9.17) is 0 Å². The molecule has 3 atom stereocenters. The van der Waals surface area contributed by atoms with E-state index in [1.165, 1.54) is 30.5 Å². The van der Waals surface area contributed by atoms with Crippen molar-refractivity contribution in [1.82, 2.24) is 5.32 Å². The first kappa shape index (κ1) is 15.4. The second-order valence-electron chi connectivity index (χ2n) is 6.29. The van der Waals surface area contributed by atoms with Crippen LogP contribution in [-0.2, 0) is 6.54 Å². The lowest BCUT2D eigenvalue weighted by Gasteiger charge is -2.35. The summed E-state index contributed by atoms with van der Waals surface area (Å²) in [5, 5.41) is 3.77. The van der Waals surface area contributed by atoms with Crippen molar-refractivity contribution in [3.8, 4) is 0 Å². The van der Waals surface area contributed by atoms with Crippen molar-refractivity contribution >= 4 is 5.69 Å². The van der Waals surface area contributed by atoms with Crippen molar-refractivity contribution in [3.63, 3.8) is 0 Å². The van der Waals surface area contributed by atoms with E-state index in [-0.39, 0.29) is 0 Å². The summed E-state index contributed by atoms with van der Waals surface area (Å²) in [5.41, 5.74) is 2.88. The number of fused-ring (bicyclic) bond motifs is 1. The van der Waals surface area contributed by atoms with Gasteiger partial charge in [0.1, 0.15) is 0 Å². The molecule has 0 spiro atoms. The summed E-state index contributed by atoms with van der Waals surface area (Å²) in [4.78, 5) is 2.63. The Bertz CT molecular complexity index is 416. The Kier molecular flexibility index (Phi) is 5.47. The van der Waals surface area contributed by atoms with Crippen molar-refractivity contribution < 1.29 is 0 Å². The summed E-state index contributed by atoms with van der Waals surface area (Å²) in [7, 11) is 0. The molecule has 2 nitrogen and oxygen atoms in total. The van der Waals surface area contributed by atoms with Crippen LogP contribution >= 0.6 is 0 Å². The maximum absolute atomic E-state index is 3.77. The van der Waals surface area contributed by atoms with Gasteiger partial charge in [0.25, 0.3) is 0 Å². The molecule has 3 unspecified atom stereocenters. The molecule has 1 heterocycles. The average molecular weight is 274 g/mol. The van der Waals surface area contributed by atoms with Crippen molar-refractivity contribution in [3.05, 3.63) is 29.8 Å². The molecule has 1 aromatic rings. The fourth-order valence-corrected chi connectivity index (χ4v) is 3.21. The van der Waals surface area contributed by atoms with Crippen LogP contribution in [0.15, 0.2) is 24.3 Å².